The number of nitrogens with one attached hydrogen (secondary N) is 2. The predicted octanol–water partition coefficient (Wildman–Crippen LogP) is 4.97. The lowest BCUT2D eigenvalue weighted by atomic mass is 10.2. The number of carbonyl (C=O) groups excluding carboxylic acids is 2. The molecule has 0 saturated carbocycles. The van der Waals surface area contributed by atoms with Crippen LogP contribution in [-0.2, 0) is 4.79 Å². The normalized spacial score (nSPS) is 10.9. The molecule has 2 aromatic carbocycles. The molecule has 3 rings (SSSR count). The third-order valence-corrected chi connectivity index (χ3v) is 4.81. The van der Waals surface area contributed by atoms with E-state index in [-0.39, 0.29) is 17.9 Å². The highest BCUT2D eigenvalue weighted by Crippen LogP contribution is 2.37. The Hall–Kier alpha value is -3.73. The summed E-state index contributed by atoms with van der Waals surface area (Å²) in [5, 5.41) is 4.68. The summed E-state index contributed by atoms with van der Waals surface area (Å²) in [6, 6.07) is 15.6. The van der Waals surface area contributed by atoms with Crippen molar-refractivity contribution in [3.05, 3.63) is 72.4 Å². The third-order valence-electron chi connectivity index (χ3n) is 4.06. The molecule has 1 heterocycles. The molecule has 0 spiro atoms. The number of thioether (sulfide) groups is 1. The number of alkyl halides is 3. The molecule has 0 saturated heterocycles. The predicted molar refractivity (Wildman–Crippen MR) is 118 cm³/mol. The number of pyridine rings is 1. The molecule has 0 unspecified atom stereocenters. The lowest BCUT2D eigenvalue weighted by Gasteiger charge is -2.12. The molecule has 2 N–H and O–H groups in total. The minimum atomic E-state index is -4.58. The number of ether oxygens (including phenoxy) is 2. The molecule has 0 radical (unpaired) electrons. The number of anilines is 2. The monoisotopic (exact) mass is 477 g/mol. The summed E-state index contributed by atoms with van der Waals surface area (Å²) in [6.45, 7) is -0.287. The van der Waals surface area contributed by atoms with E-state index < -0.39 is 34.1 Å². The van der Waals surface area contributed by atoms with Crippen molar-refractivity contribution in [3.8, 4) is 11.5 Å². The Kier molecular flexibility index (Phi) is 7.78. The molecule has 11 heteroatoms. The highest BCUT2D eigenvalue weighted by molar-refractivity contribution is 8.00. The van der Waals surface area contributed by atoms with Crippen molar-refractivity contribution in [3.63, 3.8) is 0 Å². The largest absolute Gasteiger partial charge is 0.493 e. The number of rotatable bonds is 8. The fourth-order valence-electron chi connectivity index (χ4n) is 2.71. The number of carbonyl (C=O) groups is 2. The van der Waals surface area contributed by atoms with E-state index in [2.05, 4.69) is 15.6 Å². The molecule has 0 aliphatic rings. The maximum absolute atomic E-state index is 12.7. The maximum atomic E-state index is 12.7. The van der Waals surface area contributed by atoms with E-state index in [0.717, 1.165) is 0 Å². The molecule has 1 aromatic heterocycles. The van der Waals surface area contributed by atoms with Gasteiger partial charge < -0.3 is 20.1 Å². The van der Waals surface area contributed by atoms with Crippen LogP contribution in [0.5, 0.6) is 11.5 Å². The SMILES string of the molecule is COc1ccccc1OCC(=O)Nc1cccc(NC(=O)c2cccnc2SC(F)(F)F)c1. The second kappa shape index (κ2) is 10.7. The Morgan fingerprint density at radius 3 is 2.36 bits per heavy atom. The highest BCUT2D eigenvalue weighted by atomic mass is 32.2. The fourth-order valence-corrected chi connectivity index (χ4v) is 3.31. The molecule has 172 valence electrons. The Balaban J connectivity index is 1.63. The van der Waals surface area contributed by atoms with Gasteiger partial charge in [-0.15, -0.1) is 0 Å². The molecule has 7 nitrogen and oxygen atoms in total. The van der Waals surface area contributed by atoms with Gasteiger partial charge in [-0.25, -0.2) is 4.98 Å². The second-order valence-electron chi connectivity index (χ2n) is 6.43. The number of amides is 2. The average Bonchev–Trinajstić information content (AvgIpc) is 2.77. The minimum absolute atomic E-state index is 0.223. The van der Waals surface area contributed by atoms with E-state index in [0.29, 0.717) is 17.2 Å². The van der Waals surface area contributed by atoms with E-state index in [1.54, 1.807) is 36.4 Å². The van der Waals surface area contributed by atoms with Gasteiger partial charge in [-0.3, -0.25) is 9.59 Å². The third kappa shape index (κ3) is 7.14. The van der Waals surface area contributed by atoms with E-state index in [9.17, 15) is 22.8 Å². The number of hydrogen-bond acceptors (Lipinski definition) is 6. The molecule has 0 fully saturated rings. The first-order valence-corrected chi connectivity index (χ1v) is 10.2. The number of methoxy groups -OCH3 is 1. The molecule has 0 bridgehead atoms. The molecule has 0 atom stereocenters. The van der Waals surface area contributed by atoms with Crippen LogP contribution in [0.25, 0.3) is 0 Å². The van der Waals surface area contributed by atoms with E-state index in [1.165, 1.54) is 37.6 Å². The van der Waals surface area contributed by atoms with Gasteiger partial charge in [0.1, 0.15) is 5.03 Å². The van der Waals surface area contributed by atoms with Crippen LogP contribution in [0.4, 0.5) is 24.5 Å². The zero-order valence-electron chi connectivity index (χ0n) is 17.2. The number of aromatic nitrogens is 1. The van der Waals surface area contributed by atoms with Gasteiger partial charge in [-0.05, 0) is 42.5 Å². The van der Waals surface area contributed by atoms with Crippen LogP contribution >= 0.6 is 11.8 Å². The quantitative estimate of drug-likeness (QED) is 0.445. The van der Waals surface area contributed by atoms with Gasteiger partial charge in [0, 0.05) is 29.3 Å². The fraction of sp³-hybridized carbons (Fsp3) is 0.136. The molecule has 0 aliphatic carbocycles. The molecule has 3 aromatic rings. The van der Waals surface area contributed by atoms with Crippen LogP contribution in [0.15, 0.2) is 71.9 Å². The zero-order chi connectivity index (χ0) is 23.8. The lowest BCUT2D eigenvalue weighted by Crippen LogP contribution is -2.20. The van der Waals surface area contributed by atoms with Crippen LogP contribution in [0.3, 0.4) is 0 Å². The summed E-state index contributed by atoms with van der Waals surface area (Å²) in [5.74, 6) is -0.341. The Morgan fingerprint density at radius 2 is 1.67 bits per heavy atom. The zero-order valence-corrected chi connectivity index (χ0v) is 18.0. The Bertz CT molecular complexity index is 1140. The van der Waals surface area contributed by atoms with Crippen LogP contribution < -0.4 is 20.1 Å². The Labute approximate surface area is 191 Å². The first kappa shape index (κ1) is 23.9. The number of nitrogens with zero attached hydrogens (tertiary/aromatic N) is 1. The van der Waals surface area contributed by atoms with Gasteiger partial charge in [0.05, 0.1) is 12.7 Å². The van der Waals surface area contributed by atoms with Crippen molar-refractivity contribution >= 4 is 35.0 Å². The second-order valence-corrected chi connectivity index (χ2v) is 7.48. The van der Waals surface area contributed by atoms with E-state index >= 15 is 0 Å². The van der Waals surface area contributed by atoms with Crippen molar-refractivity contribution in [1.82, 2.24) is 4.98 Å². The molecular formula is C22H18F3N3O4S. The molecular weight excluding hydrogens is 459 g/mol. The maximum Gasteiger partial charge on any atom is 0.447 e. The van der Waals surface area contributed by atoms with Crippen LogP contribution in [-0.4, -0.2) is 36.0 Å². The topological polar surface area (TPSA) is 89.5 Å². The number of para-hydroxylation sites is 2. The molecule has 2 amide bonds. The lowest BCUT2D eigenvalue weighted by molar-refractivity contribution is -0.118. The van der Waals surface area contributed by atoms with E-state index in [1.807, 2.05) is 0 Å². The van der Waals surface area contributed by atoms with Crippen LogP contribution in [0.2, 0.25) is 0 Å². The van der Waals surface area contributed by atoms with Crippen molar-refractivity contribution < 1.29 is 32.2 Å². The number of benzene rings is 2. The van der Waals surface area contributed by atoms with Gasteiger partial charge in [0.2, 0.25) is 0 Å². The van der Waals surface area contributed by atoms with Crippen molar-refractivity contribution in [2.45, 2.75) is 10.5 Å². The molecule has 0 aliphatic heterocycles. The summed E-state index contributed by atoms with van der Waals surface area (Å²) < 4.78 is 48.8. The van der Waals surface area contributed by atoms with Gasteiger partial charge in [-0.1, -0.05) is 18.2 Å². The van der Waals surface area contributed by atoms with Crippen LogP contribution in [0.1, 0.15) is 10.4 Å². The smallest absolute Gasteiger partial charge is 0.447 e. The first-order chi connectivity index (χ1) is 15.7. The van der Waals surface area contributed by atoms with Crippen molar-refractivity contribution in [2.24, 2.45) is 0 Å². The van der Waals surface area contributed by atoms with Gasteiger partial charge in [-0.2, -0.15) is 13.2 Å². The molecule has 33 heavy (non-hydrogen) atoms. The minimum Gasteiger partial charge on any atom is -0.493 e. The summed E-state index contributed by atoms with van der Waals surface area (Å²) in [6.07, 6.45) is 1.17. The summed E-state index contributed by atoms with van der Waals surface area (Å²) in [7, 11) is 1.48. The average molecular weight is 477 g/mol. The highest BCUT2D eigenvalue weighted by Gasteiger charge is 2.32. The Morgan fingerprint density at radius 1 is 0.970 bits per heavy atom. The number of hydrogen-bond donors (Lipinski definition) is 2. The standard InChI is InChI=1S/C22H18F3N3O4S/c1-31-17-9-2-3-10-18(17)32-13-19(29)27-14-6-4-7-15(12-14)28-20(30)16-8-5-11-26-21(16)33-22(23,24)25/h2-12H,13H2,1H3,(H,27,29)(H,28,30). The summed E-state index contributed by atoms with van der Waals surface area (Å²) >= 11 is -0.468. The van der Waals surface area contributed by atoms with Crippen molar-refractivity contribution in [1.29, 1.82) is 0 Å². The summed E-state index contributed by atoms with van der Waals surface area (Å²) in [5.41, 5.74) is -4.17. The van der Waals surface area contributed by atoms with Gasteiger partial charge in [0.25, 0.3) is 11.8 Å². The number of halogens is 3. The van der Waals surface area contributed by atoms with Crippen LogP contribution in [0, 0.1) is 0 Å². The van der Waals surface area contributed by atoms with Gasteiger partial charge >= 0.3 is 5.51 Å². The van der Waals surface area contributed by atoms with Crippen molar-refractivity contribution in [2.75, 3.05) is 24.4 Å². The van der Waals surface area contributed by atoms with Gasteiger partial charge in [0.15, 0.2) is 18.1 Å². The van der Waals surface area contributed by atoms with E-state index in [4.69, 9.17) is 9.47 Å². The first-order valence-electron chi connectivity index (χ1n) is 9.43. The summed E-state index contributed by atoms with van der Waals surface area (Å²) in [4.78, 5) is 28.4.